The molecule has 4 heteroatoms. The van der Waals surface area contributed by atoms with Gasteiger partial charge in [0.15, 0.2) is 0 Å². The third-order valence-electron chi connectivity index (χ3n) is 10.7. The van der Waals surface area contributed by atoms with Crippen molar-refractivity contribution in [3.05, 3.63) is 72.3 Å². The largest absolute Gasteiger partial charge is 0.462 e. The first kappa shape index (κ1) is 26.5. The summed E-state index contributed by atoms with van der Waals surface area (Å²) in [7, 11) is 0. The van der Waals surface area contributed by atoms with Crippen molar-refractivity contribution in [2.24, 2.45) is 35.5 Å². The van der Waals surface area contributed by atoms with E-state index in [4.69, 9.17) is 9.47 Å². The Bertz CT molecular complexity index is 1600. The third kappa shape index (κ3) is 4.33. The minimum atomic E-state index is -0.749. The van der Waals surface area contributed by atoms with E-state index in [9.17, 15) is 9.59 Å². The van der Waals surface area contributed by atoms with Crippen LogP contribution in [0.2, 0.25) is 0 Å². The highest BCUT2D eigenvalue weighted by molar-refractivity contribution is 6.25. The van der Waals surface area contributed by atoms with Crippen molar-refractivity contribution in [1.29, 1.82) is 0 Å². The van der Waals surface area contributed by atoms with Crippen LogP contribution in [0.1, 0.15) is 65.4 Å². The Balaban J connectivity index is 1.13. The Morgan fingerprint density at radius 3 is 1.76 bits per heavy atom. The van der Waals surface area contributed by atoms with Gasteiger partial charge in [0.1, 0.15) is 11.7 Å². The molecule has 0 radical (unpaired) electrons. The van der Waals surface area contributed by atoms with Gasteiger partial charge in [-0.15, -0.1) is 0 Å². The first-order valence-corrected chi connectivity index (χ1v) is 15.5. The predicted molar refractivity (Wildman–Crippen MR) is 163 cm³/mol. The normalized spacial score (nSPS) is 27.8. The number of ether oxygens (including phenoxy) is 2. The van der Waals surface area contributed by atoms with Gasteiger partial charge in [-0.2, -0.15) is 0 Å². The fourth-order valence-corrected chi connectivity index (χ4v) is 8.49. The smallest absolute Gasteiger partial charge is 0.310 e. The maximum atomic E-state index is 13.9. The predicted octanol–water partition coefficient (Wildman–Crippen LogP) is 8.56. The van der Waals surface area contributed by atoms with E-state index < -0.39 is 5.60 Å². The van der Waals surface area contributed by atoms with Gasteiger partial charge in [-0.3, -0.25) is 9.59 Å². The van der Waals surface area contributed by atoms with Crippen molar-refractivity contribution in [3.63, 3.8) is 0 Å². The number of hydrogen-bond acceptors (Lipinski definition) is 4. The average molecular weight is 549 g/mol. The number of hydrogen-bond donors (Lipinski definition) is 0. The highest BCUT2D eigenvalue weighted by Crippen LogP contribution is 2.58. The quantitative estimate of drug-likeness (QED) is 0.179. The molecular formula is C37H40O4. The average Bonchev–Trinajstić information content (AvgIpc) is 2.97. The van der Waals surface area contributed by atoms with E-state index >= 15 is 0 Å². The Labute approximate surface area is 242 Å². The lowest BCUT2D eigenvalue weighted by Crippen LogP contribution is -2.56. The zero-order valence-corrected chi connectivity index (χ0v) is 24.6. The van der Waals surface area contributed by atoms with Crippen LogP contribution in [-0.4, -0.2) is 18.0 Å². The Hall–Kier alpha value is -3.40. The second-order valence-corrected chi connectivity index (χ2v) is 13.5. The highest BCUT2D eigenvalue weighted by Gasteiger charge is 2.57. The molecular weight excluding hydrogens is 508 g/mol. The molecule has 0 aromatic heterocycles. The zero-order chi connectivity index (χ0) is 28.5. The molecule has 4 aromatic carbocycles. The lowest BCUT2D eigenvalue weighted by Gasteiger charge is -2.56. The summed E-state index contributed by atoms with van der Waals surface area (Å²) in [6, 6.07) is 23.7. The molecule has 0 heterocycles. The van der Waals surface area contributed by atoms with Crippen LogP contribution in [0.5, 0.6) is 0 Å². The van der Waals surface area contributed by atoms with Crippen LogP contribution < -0.4 is 0 Å². The van der Waals surface area contributed by atoms with E-state index in [1.807, 2.05) is 27.7 Å². The molecule has 4 aliphatic rings. The van der Waals surface area contributed by atoms with E-state index in [0.717, 1.165) is 37.7 Å². The number of fused-ring (bicyclic) bond motifs is 6. The number of carbonyl (C=O) groups is 2. The van der Waals surface area contributed by atoms with Crippen molar-refractivity contribution in [3.8, 4) is 0 Å². The van der Waals surface area contributed by atoms with Crippen molar-refractivity contribution < 1.29 is 19.1 Å². The van der Waals surface area contributed by atoms with E-state index in [0.29, 0.717) is 23.7 Å². The molecule has 41 heavy (non-hydrogen) atoms. The Kier molecular flexibility index (Phi) is 6.37. The Morgan fingerprint density at radius 1 is 0.756 bits per heavy atom. The molecule has 0 aliphatic heterocycles. The number of rotatable bonds is 6. The summed E-state index contributed by atoms with van der Waals surface area (Å²) in [5, 5.41) is 7.36. The van der Waals surface area contributed by atoms with E-state index in [1.165, 1.54) is 32.3 Å². The lowest BCUT2D eigenvalue weighted by molar-refractivity contribution is -0.195. The summed E-state index contributed by atoms with van der Waals surface area (Å²) in [6.07, 6.45) is 4.67. The monoisotopic (exact) mass is 548 g/mol. The van der Waals surface area contributed by atoms with Gasteiger partial charge in [-0.05, 0) is 114 Å². The molecule has 4 saturated carbocycles. The number of benzene rings is 4. The molecule has 0 saturated heterocycles. The number of carbonyl (C=O) groups excluding carboxylic acids is 2. The van der Waals surface area contributed by atoms with Gasteiger partial charge >= 0.3 is 11.9 Å². The van der Waals surface area contributed by atoms with E-state index in [1.54, 1.807) is 0 Å². The fraction of sp³-hybridized carbons (Fsp3) is 0.459. The molecule has 4 nitrogen and oxygen atoms in total. The second-order valence-electron chi connectivity index (χ2n) is 13.5. The van der Waals surface area contributed by atoms with Crippen LogP contribution in [0.25, 0.3) is 32.3 Å². The van der Waals surface area contributed by atoms with Crippen LogP contribution in [0, 0.1) is 35.5 Å². The molecule has 8 rings (SSSR count). The molecule has 4 aliphatic carbocycles. The first-order valence-electron chi connectivity index (χ1n) is 15.5. The van der Waals surface area contributed by atoms with Crippen molar-refractivity contribution >= 4 is 44.3 Å². The maximum absolute atomic E-state index is 13.9. The van der Waals surface area contributed by atoms with Crippen LogP contribution in [0.4, 0.5) is 0 Å². The van der Waals surface area contributed by atoms with Gasteiger partial charge in [0, 0.05) is 0 Å². The molecule has 1 atom stereocenters. The van der Waals surface area contributed by atoms with Crippen LogP contribution in [0.15, 0.2) is 66.7 Å². The molecule has 4 fully saturated rings. The SMILES string of the molecule is CCC(C)C(=O)OC1C2CC3CC1CC(C2)C3C(=O)OC(C)(C)c1ccc2c3ccccc3c3ccccc3c2c1. The van der Waals surface area contributed by atoms with Crippen molar-refractivity contribution in [2.45, 2.75) is 71.5 Å². The summed E-state index contributed by atoms with van der Waals surface area (Å²) in [4.78, 5) is 26.4. The number of esters is 2. The lowest BCUT2D eigenvalue weighted by atomic mass is 9.50. The molecule has 4 aromatic rings. The highest BCUT2D eigenvalue weighted by atomic mass is 16.6. The zero-order valence-electron chi connectivity index (χ0n) is 24.6. The molecule has 0 amide bonds. The summed E-state index contributed by atoms with van der Waals surface area (Å²) in [5.41, 5.74) is 0.265. The van der Waals surface area contributed by atoms with E-state index in [-0.39, 0.29) is 29.9 Å². The second kappa shape index (κ2) is 9.86. The van der Waals surface area contributed by atoms with Crippen molar-refractivity contribution in [1.82, 2.24) is 0 Å². The van der Waals surface area contributed by atoms with Crippen LogP contribution in [-0.2, 0) is 24.7 Å². The molecule has 0 N–H and O–H groups in total. The summed E-state index contributed by atoms with van der Waals surface area (Å²) in [5.74, 6) is 1.19. The van der Waals surface area contributed by atoms with Gasteiger partial charge in [-0.1, -0.05) is 74.5 Å². The van der Waals surface area contributed by atoms with E-state index in [2.05, 4.69) is 66.7 Å². The first-order chi connectivity index (χ1) is 19.7. The molecule has 212 valence electrons. The van der Waals surface area contributed by atoms with Crippen LogP contribution in [0.3, 0.4) is 0 Å². The summed E-state index contributed by atoms with van der Waals surface area (Å²) < 4.78 is 12.5. The molecule has 0 spiro atoms. The van der Waals surface area contributed by atoms with Crippen molar-refractivity contribution in [2.75, 3.05) is 0 Å². The topological polar surface area (TPSA) is 52.6 Å². The molecule has 1 unspecified atom stereocenters. The van der Waals surface area contributed by atoms with Gasteiger partial charge in [-0.25, -0.2) is 0 Å². The van der Waals surface area contributed by atoms with Gasteiger partial charge in [0.05, 0.1) is 11.8 Å². The van der Waals surface area contributed by atoms with Gasteiger partial charge in [0.25, 0.3) is 0 Å². The summed E-state index contributed by atoms with van der Waals surface area (Å²) in [6.45, 7) is 8.03. The third-order valence-corrected chi connectivity index (χ3v) is 10.7. The Morgan fingerprint density at radius 2 is 1.24 bits per heavy atom. The van der Waals surface area contributed by atoms with Crippen LogP contribution >= 0.6 is 0 Å². The minimum absolute atomic E-state index is 0.0286. The van der Waals surface area contributed by atoms with Gasteiger partial charge < -0.3 is 9.47 Å². The molecule has 4 bridgehead atoms. The fourth-order valence-electron chi connectivity index (χ4n) is 8.49. The van der Waals surface area contributed by atoms with Gasteiger partial charge in [0.2, 0.25) is 0 Å². The minimum Gasteiger partial charge on any atom is -0.462 e. The standard InChI is InChI=1S/C37H40O4/c1-5-21(2)35(38)40-34-24-16-22-17-25(34)19-23(18-24)33(22)36(39)41-37(3,4)26-14-15-31-29-12-7-6-10-27(29)28-11-8-9-13-30(28)32(31)20-26/h6-15,20-25,33-34H,5,16-19H2,1-4H3. The summed E-state index contributed by atoms with van der Waals surface area (Å²) >= 11 is 0. The maximum Gasteiger partial charge on any atom is 0.310 e.